The van der Waals surface area contributed by atoms with Crippen molar-refractivity contribution in [2.24, 2.45) is 0 Å². The molecule has 0 aliphatic carbocycles. The van der Waals surface area contributed by atoms with Gasteiger partial charge < -0.3 is 14.4 Å². The van der Waals surface area contributed by atoms with E-state index in [4.69, 9.17) is 9.47 Å². The van der Waals surface area contributed by atoms with Gasteiger partial charge in [0.15, 0.2) is 11.5 Å². The fourth-order valence-electron chi connectivity index (χ4n) is 3.57. The van der Waals surface area contributed by atoms with Crippen LogP contribution in [0.15, 0.2) is 30.6 Å². The molecule has 29 heavy (non-hydrogen) atoms. The molecule has 2 aromatic rings. The van der Waals surface area contributed by atoms with Crippen LogP contribution in [0, 0.1) is 10.1 Å². The quantitative estimate of drug-likeness (QED) is 0.513. The standard InChI is InChI=1S/C19H23N5O5/c25-19(2-1-5-23-13-16(11-20-23)24(26)27)22-8-6-21(7-9-22)12-15-3-4-17-18(10-15)29-14-28-17/h3-4,10-11,13H,1-2,5-9,12,14H2. The fraction of sp³-hybridized carbons (Fsp3) is 0.474. The number of rotatable bonds is 7. The van der Waals surface area contributed by atoms with Crippen molar-refractivity contribution in [1.82, 2.24) is 19.6 Å². The summed E-state index contributed by atoms with van der Waals surface area (Å²) < 4.78 is 12.3. The third-order valence-corrected chi connectivity index (χ3v) is 5.18. The monoisotopic (exact) mass is 401 g/mol. The van der Waals surface area contributed by atoms with Gasteiger partial charge in [0.2, 0.25) is 12.7 Å². The number of carbonyl (C=O) groups excluding carboxylic acids is 1. The zero-order valence-corrected chi connectivity index (χ0v) is 16.0. The Balaban J connectivity index is 1.19. The number of fused-ring (bicyclic) bond motifs is 1. The zero-order chi connectivity index (χ0) is 20.2. The number of hydrogen-bond acceptors (Lipinski definition) is 7. The predicted molar refractivity (Wildman–Crippen MR) is 103 cm³/mol. The molecule has 1 aromatic heterocycles. The molecule has 0 bridgehead atoms. The van der Waals surface area contributed by atoms with Crippen molar-refractivity contribution >= 4 is 11.6 Å². The summed E-state index contributed by atoms with van der Waals surface area (Å²) >= 11 is 0. The number of nitro groups is 1. The van der Waals surface area contributed by atoms with Crippen LogP contribution in [-0.2, 0) is 17.9 Å². The molecule has 10 nitrogen and oxygen atoms in total. The van der Waals surface area contributed by atoms with E-state index in [0.717, 1.165) is 31.1 Å². The molecule has 1 aromatic carbocycles. The Morgan fingerprint density at radius 3 is 2.72 bits per heavy atom. The number of benzene rings is 1. The van der Waals surface area contributed by atoms with E-state index in [1.165, 1.54) is 22.6 Å². The number of hydrogen-bond donors (Lipinski definition) is 0. The molecule has 4 rings (SSSR count). The van der Waals surface area contributed by atoms with E-state index < -0.39 is 4.92 Å². The molecule has 1 fully saturated rings. The lowest BCUT2D eigenvalue weighted by molar-refractivity contribution is -0.385. The van der Waals surface area contributed by atoms with E-state index in [0.29, 0.717) is 32.5 Å². The van der Waals surface area contributed by atoms with Gasteiger partial charge in [-0.25, -0.2) is 0 Å². The molecule has 0 N–H and O–H groups in total. The van der Waals surface area contributed by atoms with E-state index in [1.807, 2.05) is 23.1 Å². The summed E-state index contributed by atoms with van der Waals surface area (Å²) in [5, 5.41) is 14.6. The molecule has 0 saturated carbocycles. The highest BCUT2D eigenvalue weighted by Gasteiger charge is 2.22. The molecule has 0 unspecified atom stereocenters. The summed E-state index contributed by atoms with van der Waals surface area (Å²) in [4.78, 5) is 26.8. The highest BCUT2D eigenvalue weighted by Crippen LogP contribution is 2.32. The molecule has 0 atom stereocenters. The van der Waals surface area contributed by atoms with Gasteiger partial charge in [0, 0.05) is 45.7 Å². The number of amides is 1. The molecule has 1 saturated heterocycles. The van der Waals surface area contributed by atoms with Gasteiger partial charge in [0.25, 0.3) is 0 Å². The molecule has 10 heteroatoms. The normalized spacial score (nSPS) is 16.2. The lowest BCUT2D eigenvalue weighted by Gasteiger charge is -2.34. The molecular weight excluding hydrogens is 378 g/mol. The topological polar surface area (TPSA) is 103 Å². The Hall–Kier alpha value is -3.14. The first-order valence-corrected chi connectivity index (χ1v) is 9.64. The Bertz CT molecular complexity index is 891. The summed E-state index contributed by atoms with van der Waals surface area (Å²) in [5.41, 5.74) is 1.14. The van der Waals surface area contributed by atoms with Crippen LogP contribution in [-0.4, -0.2) is 63.4 Å². The maximum absolute atomic E-state index is 12.4. The highest BCUT2D eigenvalue weighted by atomic mass is 16.7. The molecule has 2 aliphatic heterocycles. The average molecular weight is 401 g/mol. The Labute approximate surface area is 167 Å². The third kappa shape index (κ3) is 4.65. The summed E-state index contributed by atoms with van der Waals surface area (Å²) in [7, 11) is 0. The van der Waals surface area contributed by atoms with Gasteiger partial charge in [-0.05, 0) is 24.1 Å². The number of piperazine rings is 1. The number of carbonyl (C=O) groups is 1. The van der Waals surface area contributed by atoms with Crippen LogP contribution >= 0.6 is 0 Å². The minimum Gasteiger partial charge on any atom is -0.454 e. The van der Waals surface area contributed by atoms with Gasteiger partial charge in [0.1, 0.15) is 12.4 Å². The molecule has 0 radical (unpaired) electrons. The predicted octanol–water partition coefficient (Wildman–Crippen LogP) is 1.64. The SMILES string of the molecule is O=C(CCCn1cc([N+](=O)[O-])cn1)N1CCN(Cc2ccc3c(c2)OCO3)CC1. The third-order valence-electron chi connectivity index (χ3n) is 5.18. The second-order valence-corrected chi connectivity index (χ2v) is 7.17. The van der Waals surface area contributed by atoms with Crippen molar-refractivity contribution in [1.29, 1.82) is 0 Å². The second kappa shape index (κ2) is 8.48. The van der Waals surface area contributed by atoms with Crippen LogP contribution < -0.4 is 9.47 Å². The van der Waals surface area contributed by atoms with Crippen LogP contribution in [0.2, 0.25) is 0 Å². The smallest absolute Gasteiger partial charge is 0.306 e. The molecule has 2 aliphatic rings. The lowest BCUT2D eigenvalue weighted by atomic mass is 10.1. The van der Waals surface area contributed by atoms with Gasteiger partial charge in [-0.3, -0.25) is 24.5 Å². The van der Waals surface area contributed by atoms with Gasteiger partial charge in [0.05, 0.1) is 4.92 Å². The van der Waals surface area contributed by atoms with Crippen LogP contribution in [0.5, 0.6) is 11.5 Å². The number of aryl methyl sites for hydroxylation is 1. The maximum atomic E-state index is 12.4. The van der Waals surface area contributed by atoms with Crippen molar-refractivity contribution in [3.05, 3.63) is 46.3 Å². The van der Waals surface area contributed by atoms with Crippen LogP contribution in [0.1, 0.15) is 18.4 Å². The Morgan fingerprint density at radius 2 is 1.97 bits per heavy atom. The Kier molecular flexibility index (Phi) is 5.61. The molecule has 0 spiro atoms. The van der Waals surface area contributed by atoms with E-state index in [1.54, 1.807) is 0 Å². The van der Waals surface area contributed by atoms with E-state index in [9.17, 15) is 14.9 Å². The summed E-state index contributed by atoms with van der Waals surface area (Å²) in [6.45, 7) is 4.64. The van der Waals surface area contributed by atoms with Crippen molar-refractivity contribution < 1.29 is 19.2 Å². The largest absolute Gasteiger partial charge is 0.454 e. The molecule has 154 valence electrons. The van der Waals surface area contributed by atoms with Crippen molar-refractivity contribution in [3.63, 3.8) is 0 Å². The second-order valence-electron chi connectivity index (χ2n) is 7.17. The summed E-state index contributed by atoms with van der Waals surface area (Å²) in [5.74, 6) is 1.70. The molecular formula is C19H23N5O5. The van der Waals surface area contributed by atoms with E-state index in [2.05, 4.69) is 10.00 Å². The first-order chi connectivity index (χ1) is 14.1. The van der Waals surface area contributed by atoms with E-state index >= 15 is 0 Å². The van der Waals surface area contributed by atoms with E-state index in [-0.39, 0.29) is 18.4 Å². The first-order valence-electron chi connectivity index (χ1n) is 9.64. The zero-order valence-electron chi connectivity index (χ0n) is 16.0. The Morgan fingerprint density at radius 1 is 1.17 bits per heavy atom. The fourth-order valence-corrected chi connectivity index (χ4v) is 3.57. The van der Waals surface area contributed by atoms with Gasteiger partial charge >= 0.3 is 5.69 Å². The minimum atomic E-state index is -0.474. The van der Waals surface area contributed by atoms with Crippen molar-refractivity contribution in [3.8, 4) is 11.5 Å². The number of ether oxygens (including phenoxy) is 2. The van der Waals surface area contributed by atoms with Gasteiger partial charge in [-0.1, -0.05) is 6.07 Å². The number of nitrogens with zero attached hydrogens (tertiary/aromatic N) is 5. The lowest BCUT2D eigenvalue weighted by Crippen LogP contribution is -2.48. The first kappa shape index (κ1) is 19.2. The minimum absolute atomic E-state index is 0.0325. The van der Waals surface area contributed by atoms with Crippen molar-refractivity contribution in [2.75, 3.05) is 33.0 Å². The summed E-state index contributed by atoms with van der Waals surface area (Å²) in [6.07, 6.45) is 3.63. The highest BCUT2D eigenvalue weighted by molar-refractivity contribution is 5.76. The van der Waals surface area contributed by atoms with Crippen LogP contribution in [0.25, 0.3) is 0 Å². The number of aromatic nitrogens is 2. The van der Waals surface area contributed by atoms with Gasteiger partial charge in [-0.15, -0.1) is 0 Å². The van der Waals surface area contributed by atoms with Crippen molar-refractivity contribution in [2.45, 2.75) is 25.9 Å². The molecule has 1 amide bonds. The van der Waals surface area contributed by atoms with Crippen LogP contribution in [0.4, 0.5) is 5.69 Å². The average Bonchev–Trinajstić information content (AvgIpc) is 3.37. The van der Waals surface area contributed by atoms with Gasteiger partial charge in [-0.2, -0.15) is 5.10 Å². The van der Waals surface area contributed by atoms with Crippen LogP contribution in [0.3, 0.4) is 0 Å². The maximum Gasteiger partial charge on any atom is 0.306 e. The molecule has 3 heterocycles. The summed E-state index contributed by atoms with van der Waals surface area (Å²) in [6, 6.07) is 6.00.